The van der Waals surface area contributed by atoms with Gasteiger partial charge in [-0.05, 0) is 24.3 Å². The molecule has 0 spiro atoms. The Balaban J connectivity index is 1.70. The van der Waals surface area contributed by atoms with Crippen molar-refractivity contribution < 1.29 is 22.7 Å². The molecule has 1 amide bonds. The number of thiophene rings is 1. The highest BCUT2D eigenvalue weighted by Crippen LogP contribution is 2.35. The van der Waals surface area contributed by atoms with E-state index in [1.54, 1.807) is 12.1 Å². The summed E-state index contributed by atoms with van der Waals surface area (Å²) in [6, 6.07) is 11.2. The van der Waals surface area contributed by atoms with Crippen molar-refractivity contribution >= 4 is 72.2 Å². The fourth-order valence-corrected chi connectivity index (χ4v) is 5.00. The molecule has 158 valence electrons. The third kappa shape index (κ3) is 4.60. The number of esters is 1. The number of hydrogen-bond donors (Lipinski definition) is 1. The number of carbonyl (C=O) groups excluding carboxylic acids is 2. The maximum Gasteiger partial charge on any atom is 0.350 e. The Hall–Kier alpha value is -2.17. The van der Waals surface area contributed by atoms with Crippen molar-refractivity contribution in [1.82, 2.24) is 4.31 Å². The first-order valence-electron chi connectivity index (χ1n) is 8.47. The second-order valence-corrected chi connectivity index (χ2v) is 10.3. The van der Waals surface area contributed by atoms with Crippen LogP contribution in [0.4, 0.5) is 5.69 Å². The van der Waals surface area contributed by atoms with E-state index in [4.69, 9.17) is 27.9 Å². The Bertz CT molecular complexity index is 1240. The van der Waals surface area contributed by atoms with Gasteiger partial charge in [-0.15, -0.1) is 11.3 Å². The number of amides is 1. The van der Waals surface area contributed by atoms with Gasteiger partial charge < -0.3 is 10.1 Å². The second kappa shape index (κ2) is 8.91. The fourth-order valence-electron chi connectivity index (χ4n) is 2.50. The average Bonchev–Trinajstić information content (AvgIpc) is 3.04. The minimum atomic E-state index is -3.71. The number of nitrogens with one attached hydrogen (secondary N) is 1. The highest BCUT2D eigenvalue weighted by Gasteiger charge is 2.21. The van der Waals surface area contributed by atoms with Gasteiger partial charge in [0, 0.05) is 24.2 Å². The number of halogens is 2. The van der Waals surface area contributed by atoms with E-state index in [2.05, 4.69) is 5.32 Å². The molecular weight excluding hydrogens is 471 g/mol. The van der Waals surface area contributed by atoms with Gasteiger partial charge in [-0.3, -0.25) is 4.79 Å². The van der Waals surface area contributed by atoms with E-state index in [0.29, 0.717) is 0 Å². The number of benzene rings is 2. The molecule has 0 unspecified atom stereocenters. The molecule has 0 radical (unpaired) electrons. The van der Waals surface area contributed by atoms with Crippen LogP contribution >= 0.6 is 34.5 Å². The van der Waals surface area contributed by atoms with Crippen LogP contribution in [0, 0.1) is 0 Å². The van der Waals surface area contributed by atoms with Gasteiger partial charge in [-0.2, -0.15) is 0 Å². The molecule has 1 aromatic heterocycles. The molecule has 0 fully saturated rings. The van der Waals surface area contributed by atoms with Crippen LogP contribution in [-0.4, -0.2) is 45.3 Å². The molecule has 3 aromatic rings. The van der Waals surface area contributed by atoms with Crippen molar-refractivity contribution in [2.75, 3.05) is 26.0 Å². The summed E-state index contributed by atoms with van der Waals surface area (Å²) in [5.74, 6) is -1.41. The lowest BCUT2D eigenvalue weighted by Gasteiger charge is -2.13. The van der Waals surface area contributed by atoms with Gasteiger partial charge in [0.05, 0.1) is 20.6 Å². The number of carbonyl (C=O) groups is 2. The van der Waals surface area contributed by atoms with Crippen LogP contribution in [0.15, 0.2) is 47.4 Å². The smallest absolute Gasteiger partial charge is 0.350 e. The second-order valence-electron chi connectivity index (χ2n) is 6.29. The van der Waals surface area contributed by atoms with Crippen LogP contribution in [0.25, 0.3) is 10.1 Å². The summed E-state index contributed by atoms with van der Waals surface area (Å²) >= 11 is 13.4. The highest BCUT2D eigenvalue weighted by atomic mass is 35.5. The van der Waals surface area contributed by atoms with Crippen LogP contribution in [0.3, 0.4) is 0 Å². The van der Waals surface area contributed by atoms with Gasteiger partial charge in [0.2, 0.25) is 10.0 Å². The standard InChI is InChI=1S/C19H16Cl2N2O5S2/c1-23(2)30(26,27)11-7-8-13(20)14(9-11)22-16(24)10-28-19(25)18-17(21)12-5-3-4-6-15(12)29-18/h3-9H,10H2,1-2H3,(H,22,24). The van der Waals surface area contributed by atoms with E-state index in [-0.39, 0.29) is 25.5 Å². The molecule has 30 heavy (non-hydrogen) atoms. The first kappa shape index (κ1) is 22.5. The number of nitrogens with zero attached hydrogens (tertiary/aromatic N) is 1. The van der Waals surface area contributed by atoms with Gasteiger partial charge in [-0.1, -0.05) is 41.4 Å². The molecule has 3 rings (SSSR count). The van der Waals surface area contributed by atoms with Crippen LogP contribution < -0.4 is 5.32 Å². The number of ether oxygens (including phenoxy) is 1. The first-order chi connectivity index (χ1) is 14.1. The number of fused-ring (bicyclic) bond motifs is 1. The fraction of sp³-hybridized carbons (Fsp3) is 0.158. The Morgan fingerprint density at radius 3 is 2.50 bits per heavy atom. The zero-order chi connectivity index (χ0) is 22.1. The van der Waals surface area contributed by atoms with Gasteiger partial charge in [-0.25, -0.2) is 17.5 Å². The summed E-state index contributed by atoms with van der Waals surface area (Å²) in [7, 11) is -0.927. The number of rotatable bonds is 6. The SMILES string of the molecule is CN(C)S(=O)(=O)c1ccc(Cl)c(NC(=O)COC(=O)c2sc3ccccc3c2Cl)c1. The summed E-state index contributed by atoms with van der Waals surface area (Å²) in [6.07, 6.45) is 0. The van der Waals surface area contributed by atoms with E-state index in [9.17, 15) is 18.0 Å². The zero-order valence-corrected chi connectivity index (χ0v) is 19.0. The molecule has 1 heterocycles. The normalized spacial score (nSPS) is 11.6. The molecule has 0 aliphatic rings. The topological polar surface area (TPSA) is 92.8 Å². The Morgan fingerprint density at radius 2 is 1.83 bits per heavy atom. The molecule has 11 heteroatoms. The zero-order valence-electron chi connectivity index (χ0n) is 15.8. The predicted octanol–water partition coefficient (Wildman–Crippen LogP) is 4.25. The molecule has 0 aliphatic carbocycles. The summed E-state index contributed by atoms with van der Waals surface area (Å²) in [6.45, 7) is -0.593. The highest BCUT2D eigenvalue weighted by molar-refractivity contribution is 7.89. The number of hydrogen-bond acceptors (Lipinski definition) is 6. The van der Waals surface area contributed by atoms with Gasteiger partial charge in [0.15, 0.2) is 6.61 Å². The molecule has 7 nitrogen and oxygen atoms in total. The number of anilines is 1. The lowest BCUT2D eigenvalue weighted by molar-refractivity contribution is -0.119. The largest absolute Gasteiger partial charge is 0.451 e. The van der Waals surface area contributed by atoms with Crippen molar-refractivity contribution in [2.24, 2.45) is 0 Å². The molecule has 1 N–H and O–H groups in total. The van der Waals surface area contributed by atoms with Gasteiger partial charge in [0.25, 0.3) is 5.91 Å². The van der Waals surface area contributed by atoms with Crippen molar-refractivity contribution in [3.05, 3.63) is 57.4 Å². The molecule has 0 saturated carbocycles. The van der Waals surface area contributed by atoms with E-state index in [1.165, 1.54) is 43.6 Å². The Kier molecular flexibility index (Phi) is 6.68. The van der Waals surface area contributed by atoms with Crippen molar-refractivity contribution in [1.29, 1.82) is 0 Å². The van der Waals surface area contributed by atoms with E-state index >= 15 is 0 Å². The summed E-state index contributed by atoms with van der Waals surface area (Å²) < 4.78 is 31.4. The van der Waals surface area contributed by atoms with E-state index in [0.717, 1.165) is 14.4 Å². The Morgan fingerprint density at radius 1 is 1.13 bits per heavy atom. The summed E-state index contributed by atoms with van der Waals surface area (Å²) in [5, 5.41) is 3.58. The van der Waals surface area contributed by atoms with Crippen LogP contribution in [-0.2, 0) is 19.6 Å². The average molecular weight is 487 g/mol. The maximum absolute atomic E-state index is 12.3. The maximum atomic E-state index is 12.3. The minimum Gasteiger partial charge on any atom is -0.451 e. The third-order valence-electron chi connectivity index (χ3n) is 4.05. The lowest BCUT2D eigenvalue weighted by Crippen LogP contribution is -2.23. The molecule has 0 aliphatic heterocycles. The van der Waals surface area contributed by atoms with Crippen LogP contribution in [0.1, 0.15) is 9.67 Å². The predicted molar refractivity (Wildman–Crippen MR) is 118 cm³/mol. The van der Waals surface area contributed by atoms with Crippen LogP contribution in [0.2, 0.25) is 10.0 Å². The van der Waals surface area contributed by atoms with E-state index < -0.39 is 28.5 Å². The summed E-state index contributed by atoms with van der Waals surface area (Å²) in [5.41, 5.74) is 0.0838. The van der Waals surface area contributed by atoms with E-state index in [1.807, 2.05) is 12.1 Å². The summed E-state index contributed by atoms with van der Waals surface area (Å²) in [4.78, 5) is 24.7. The lowest BCUT2D eigenvalue weighted by atomic mass is 10.2. The van der Waals surface area contributed by atoms with Crippen LogP contribution in [0.5, 0.6) is 0 Å². The van der Waals surface area contributed by atoms with Gasteiger partial charge >= 0.3 is 5.97 Å². The molecule has 0 bridgehead atoms. The first-order valence-corrected chi connectivity index (χ1v) is 11.5. The molecular formula is C19H16Cl2N2O5S2. The Labute approximate surface area is 187 Å². The van der Waals surface area contributed by atoms with Crippen molar-refractivity contribution in [3.8, 4) is 0 Å². The quantitative estimate of drug-likeness (QED) is 0.525. The molecule has 0 atom stereocenters. The monoisotopic (exact) mass is 486 g/mol. The van der Waals surface area contributed by atoms with Crippen molar-refractivity contribution in [3.63, 3.8) is 0 Å². The van der Waals surface area contributed by atoms with Gasteiger partial charge in [0.1, 0.15) is 4.88 Å². The number of sulfonamides is 1. The molecule has 2 aromatic carbocycles. The minimum absolute atomic E-state index is 0.0405. The molecule has 0 saturated heterocycles. The third-order valence-corrected chi connectivity index (χ3v) is 7.84. The van der Waals surface area contributed by atoms with Crippen molar-refractivity contribution in [2.45, 2.75) is 4.90 Å².